The number of fused-ring (bicyclic) bond motifs is 1. The van der Waals surface area contributed by atoms with Crippen molar-refractivity contribution in [3.05, 3.63) is 33.8 Å². The summed E-state index contributed by atoms with van der Waals surface area (Å²) in [5.41, 5.74) is 11.3. The van der Waals surface area contributed by atoms with Crippen molar-refractivity contribution < 1.29 is 9.53 Å². The molecular weight excluding hydrogens is 470 g/mol. The van der Waals surface area contributed by atoms with Gasteiger partial charge in [-0.25, -0.2) is 14.8 Å². The molecule has 3 N–H and O–H groups in total. The maximum atomic E-state index is 12.4. The highest BCUT2D eigenvalue weighted by Crippen LogP contribution is 2.59. The molecule has 0 atom stereocenters. The predicted molar refractivity (Wildman–Crippen MR) is 148 cm³/mol. The average Bonchev–Trinajstić information content (AvgIpc) is 3.23. The van der Waals surface area contributed by atoms with E-state index in [9.17, 15) is 4.79 Å². The summed E-state index contributed by atoms with van der Waals surface area (Å²) < 4.78 is 5.54. The molecule has 2 fully saturated rings. The van der Waals surface area contributed by atoms with Gasteiger partial charge in [0.05, 0.1) is 12.0 Å². The van der Waals surface area contributed by atoms with E-state index in [-0.39, 0.29) is 11.5 Å². The van der Waals surface area contributed by atoms with Crippen molar-refractivity contribution in [1.29, 1.82) is 0 Å². The first-order valence-corrected chi connectivity index (χ1v) is 13.6. The number of nitrogens with one attached hydrogen (secondary N) is 1. The van der Waals surface area contributed by atoms with Crippen LogP contribution in [0, 0.1) is 19.3 Å². The molecule has 0 radical (unpaired) electrons. The fourth-order valence-corrected chi connectivity index (χ4v) is 7.33. The van der Waals surface area contributed by atoms with Gasteiger partial charge in [0.15, 0.2) is 5.82 Å². The lowest BCUT2D eigenvalue weighted by Gasteiger charge is -2.58. The first-order chi connectivity index (χ1) is 16.9. The van der Waals surface area contributed by atoms with Crippen LogP contribution in [-0.2, 0) is 4.74 Å². The van der Waals surface area contributed by atoms with Crippen LogP contribution in [0.25, 0.3) is 21.5 Å². The second-order valence-electron chi connectivity index (χ2n) is 11.9. The van der Waals surface area contributed by atoms with Gasteiger partial charge in [0.25, 0.3) is 0 Å². The Kier molecular flexibility index (Phi) is 5.93. The Bertz CT molecular complexity index is 1350. The molecule has 5 rings (SSSR count). The number of hydrogen-bond acceptors (Lipinski definition) is 5. The maximum Gasteiger partial charge on any atom is 0.410 e. The zero-order chi connectivity index (χ0) is 26.0. The topological polar surface area (TPSA) is 96.6 Å². The first kappa shape index (κ1) is 24.8. The van der Waals surface area contributed by atoms with Gasteiger partial charge < -0.3 is 20.4 Å². The Balaban J connectivity index is 1.37. The molecule has 0 unspecified atom stereocenters. The molecule has 8 heteroatoms. The Morgan fingerprint density at radius 3 is 2.61 bits per heavy atom. The molecule has 1 aliphatic heterocycles. The van der Waals surface area contributed by atoms with Crippen LogP contribution < -0.4 is 5.73 Å². The van der Waals surface area contributed by atoms with E-state index < -0.39 is 5.60 Å². The van der Waals surface area contributed by atoms with Gasteiger partial charge in [0, 0.05) is 40.5 Å². The zero-order valence-electron chi connectivity index (χ0n) is 22.4. The molecular formula is C28H37N5O2S. The number of likely N-dealkylation sites (tertiary alicyclic amines) is 1. The smallest absolute Gasteiger partial charge is 0.410 e. The summed E-state index contributed by atoms with van der Waals surface area (Å²) in [5, 5.41) is 1.37. The van der Waals surface area contributed by atoms with Crippen molar-refractivity contribution in [1.82, 2.24) is 14.9 Å². The van der Waals surface area contributed by atoms with Crippen LogP contribution in [-0.4, -0.2) is 46.0 Å². The van der Waals surface area contributed by atoms with E-state index in [2.05, 4.69) is 41.8 Å². The fraction of sp³-hybridized carbons (Fsp3) is 0.536. The molecule has 192 valence electrons. The van der Waals surface area contributed by atoms with Gasteiger partial charge in [-0.1, -0.05) is 13.8 Å². The van der Waals surface area contributed by atoms with Crippen molar-refractivity contribution >= 4 is 39.8 Å². The lowest BCUT2D eigenvalue weighted by Crippen LogP contribution is -2.63. The Labute approximate surface area is 217 Å². The quantitative estimate of drug-likeness (QED) is 0.301. The zero-order valence-corrected chi connectivity index (χ0v) is 23.2. The number of pyridine rings is 1. The third kappa shape index (κ3) is 4.19. The van der Waals surface area contributed by atoms with E-state index in [1.165, 1.54) is 32.6 Å². The monoisotopic (exact) mass is 507 g/mol. The van der Waals surface area contributed by atoms with Crippen molar-refractivity contribution in [3.63, 3.8) is 0 Å². The number of hydrogen-bond donors (Lipinski definition) is 2. The van der Waals surface area contributed by atoms with Crippen molar-refractivity contribution in [2.75, 3.05) is 13.1 Å². The lowest BCUT2D eigenvalue weighted by atomic mass is 9.57. The number of ether oxygens (including phenoxy) is 1. The van der Waals surface area contributed by atoms with Crippen LogP contribution in [0.4, 0.5) is 10.6 Å². The minimum absolute atomic E-state index is 0.182. The summed E-state index contributed by atoms with van der Waals surface area (Å²) in [6.45, 7) is 16.2. The van der Waals surface area contributed by atoms with Crippen molar-refractivity contribution in [2.45, 2.75) is 78.7 Å². The molecule has 7 nitrogen and oxygen atoms in total. The molecule has 3 aromatic heterocycles. The maximum absolute atomic E-state index is 12.4. The largest absolute Gasteiger partial charge is 0.444 e. The number of thiophene rings is 1. The molecule has 1 saturated carbocycles. The van der Waals surface area contributed by atoms with Gasteiger partial charge in [-0.3, -0.25) is 0 Å². The number of rotatable bonds is 4. The van der Waals surface area contributed by atoms with Crippen LogP contribution in [0.15, 0.2) is 17.3 Å². The van der Waals surface area contributed by atoms with E-state index in [1.54, 1.807) is 0 Å². The Morgan fingerprint density at radius 1 is 1.33 bits per heavy atom. The number of nitrogens with zero attached hydrogens (tertiary/aromatic N) is 3. The number of nitrogens with two attached hydrogens (primary N) is 1. The van der Waals surface area contributed by atoms with Crippen LogP contribution in [0.5, 0.6) is 0 Å². The molecule has 1 amide bonds. The highest BCUT2D eigenvalue weighted by molar-refractivity contribution is 7.19. The summed E-state index contributed by atoms with van der Waals surface area (Å²) in [6.07, 6.45) is 5.28. The van der Waals surface area contributed by atoms with Crippen LogP contribution in [0.2, 0.25) is 0 Å². The van der Waals surface area contributed by atoms with Gasteiger partial charge >= 0.3 is 6.09 Å². The molecule has 1 aliphatic carbocycles. The van der Waals surface area contributed by atoms with Gasteiger partial charge in [-0.15, -0.1) is 11.3 Å². The lowest BCUT2D eigenvalue weighted by molar-refractivity contribution is -0.0781. The van der Waals surface area contributed by atoms with Gasteiger partial charge in [-0.05, 0) is 82.1 Å². The highest BCUT2D eigenvalue weighted by atomic mass is 32.1. The van der Waals surface area contributed by atoms with Crippen molar-refractivity contribution in [3.8, 4) is 11.3 Å². The molecule has 1 saturated heterocycles. The van der Waals surface area contributed by atoms with Gasteiger partial charge in [0.2, 0.25) is 0 Å². The number of carbonyl (C=O) groups is 1. The number of aryl methyl sites for hydroxylation is 2. The van der Waals surface area contributed by atoms with Crippen LogP contribution in [0.1, 0.15) is 80.9 Å². The second kappa shape index (κ2) is 8.61. The summed E-state index contributed by atoms with van der Waals surface area (Å²) in [6, 6.07) is 2.13. The standard InChI is InChI=1S/C28H37N5O2S/c1-15(2)20-21-17(4)23(19-9-28(10-19)12-33(13-28)26(34)35-27(5,6)7)36-25(21)32-22(20)18-8-16(3)24(30-11-18)31-14-29/h8,11,14-15,19,32H,9-10,12-13H2,1-7H3,(H2,29,30,31). The first-order valence-electron chi connectivity index (χ1n) is 12.8. The normalized spacial score (nSPS) is 17.8. The number of aromatic nitrogens is 2. The Hall–Kier alpha value is -2.87. The Morgan fingerprint density at radius 2 is 2.03 bits per heavy atom. The average molecular weight is 508 g/mol. The number of H-pyrrole nitrogens is 1. The minimum Gasteiger partial charge on any atom is -0.444 e. The van der Waals surface area contributed by atoms with E-state index >= 15 is 0 Å². The SMILES string of the molecule is Cc1cc(-c2[nH]c3sc(C4CC5(C4)CN(C(=O)OC(C)(C)C)C5)c(C)c3c2C(C)C)cnc1N=CN. The summed E-state index contributed by atoms with van der Waals surface area (Å²) in [4.78, 5) is 29.4. The van der Waals surface area contributed by atoms with Gasteiger partial charge in [0.1, 0.15) is 10.4 Å². The summed E-state index contributed by atoms with van der Waals surface area (Å²) in [5.74, 6) is 1.59. The van der Waals surface area contributed by atoms with E-state index in [0.29, 0.717) is 17.7 Å². The van der Waals surface area contributed by atoms with E-state index in [1.807, 2.05) is 50.1 Å². The fourth-order valence-electron chi connectivity index (χ4n) is 6.00. The molecule has 0 aromatic carbocycles. The van der Waals surface area contributed by atoms with Crippen LogP contribution in [0.3, 0.4) is 0 Å². The third-order valence-electron chi connectivity index (χ3n) is 7.51. The summed E-state index contributed by atoms with van der Waals surface area (Å²) >= 11 is 1.90. The molecule has 0 bridgehead atoms. The van der Waals surface area contributed by atoms with Crippen LogP contribution >= 0.6 is 11.3 Å². The number of aromatic amines is 1. The number of aliphatic imine (C=N–C) groups is 1. The number of amides is 1. The van der Waals surface area contributed by atoms with E-state index in [0.717, 1.165) is 42.8 Å². The van der Waals surface area contributed by atoms with Crippen molar-refractivity contribution in [2.24, 2.45) is 16.1 Å². The molecule has 1 spiro atoms. The summed E-state index contributed by atoms with van der Waals surface area (Å²) in [7, 11) is 0. The highest BCUT2D eigenvalue weighted by Gasteiger charge is 2.55. The second-order valence-corrected chi connectivity index (χ2v) is 13.0. The third-order valence-corrected chi connectivity index (χ3v) is 8.88. The molecule has 36 heavy (non-hydrogen) atoms. The predicted octanol–water partition coefficient (Wildman–Crippen LogP) is 6.76. The van der Waals surface area contributed by atoms with E-state index in [4.69, 9.17) is 10.5 Å². The van der Waals surface area contributed by atoms with Gasteiger partial charge in [-0.2, -0.15) is 0 Å². The number of carbonyl (C=O) groups excluding carboxylic acids is 1. The molecule has 4 heterocycles. The minimum atomic E-state index is -0.445. The molecule has 3 aromatic rings. The molecule has 2 aliphatic rings.